The summed E-state index contributed by atoms with van der Waals surface area (Å²) in [5, 5.41) is 7.44. The van der Waals surface area contributed by atoms with Crippen LogP contribution >= 0.6 is 0 Å². The van der Waals surface area contributed by atoms with Crippen molar-refractivity contribution in [2.24, 2.45) is 5.92 Å². The van der Waals surface area contributed by atoms with Crippen LogP contribution in [0.25, 0.3) is 0 Å². The van der Waals surface area contributed by atoms with Crippen LogP contribution in [0.5, 0.6) is 0 Å². The summed E-state index contributed by atoms with van der Waals surface area (Å²) in [6.45, 7) is 4.97. The van der Waals surface area contributed by atoms with Gasteiger partial charge in [-0.05, 0) is 31.9 Å². The van der Waals surface area contributed by atoms with E-state index in [4.69, 9.17) is 0 Å². The van der Waals surface area contributed by atoms with E-state index in [1.165, 1.54) is 5.69 Å². The van der Waals surface area contributed by atoms with Gasteiger partial charge in [0.2, 0.25) is 5.91 Å². The van der Waals surface area contributed by atoms with Gasteiger partial charge in [-0.15, -0.1) is 0 Å². The van der Waals surface area contributed by atoms with Crippen LogP contribution in [0.2, 0.25) is 0 Å². The summed E-state index contributed by atoms with van der Waals surface area (Å²) >= 11 is 0. The highest BCUT2D eigenvalue weighted by Crippen LogP contribution is 2.17. The maximum absolute atomic E-state index is 11.5. The van der Waals surface area contributed by atoms with Crippen molar-refractivity contribution in [2.75, 3.05) is 27.2 Å². The lowest BCUT2D eigenvalue weighted by molar-refractivity contribution is -0.133. The molecular formula is C15H26N4O. The van der Waals surface area contributed by atoms with E-state index in [2.05, 4.69) is 35.1 Å². The molecule has 112 valence electrons. The van der Waals surface area contributed by atoms with Gasteiger partial charge in [-0.25, -0.2) is 0 Å². The second-order valence-corrected chi connectivity index (χ2v) is 6.01. The van der Waals surface area contributed by atoms with Crippen LogP contribution in [0.3, 0.4) is 0 Å². The van der Waals surface area contributed by atoms with Crippen molar-refractivity contribution in [2.45, 2.75) is 39.2 Å². The van der Waals surface area contributed by atoms with Crippen molar-refractivity contribution in [1.82, 2.24) is 20.0 Å². The number of aromatic nitrogens is 2. The predicted molar refractivity (Wildman–Crippen MR) is 79.3 cm³/mol. The smallest absolute Gasteiger partial charge is 0.222 e. The Morgan fingerprint density at radius 1 is 1.55 bits per heavy atom. The Kier molecular flexibility index (Phi) is 5.17. The SMILES string of the molecule is CCCc1cc(CN(C)CC2CCC(=O)N(C)C2)[nH]n1. The number of H-pyrrole nitrogens is 1. The lowest BCUT2D eigenvalue weighted by Crippen LogP contribution is -2.41. The van der Waals surface area contributed by atoms with Crippen LogP contribution in [0.15, 0.2) is 6.07 Å². The number of hydrogen-bond donors (Lipinski definition) is 1. The lowest BCUT2D eigenvalue weighted by Gasteiger charge is -2.32. The highest BCUT2D eigenvalue weighted by atomic mass is 16.2. The van der Waals surface area contributed by atoms with Gasteiger partial charge >= 0.3 is 0 Å². The third kappa shape index (κ3) is 4.07. The maximum atomic E-state index is 11.5. The Labute approximate surface area is 121 Å². The van der Waals surface area contributed by atoms with Crippen molar-refractivity contribution in [3.63, 3.8) is 0 Å². The molecule has 0 aromatic carbocycles. The van der Waals surface area contributed by atoms with Gasteiger partial charge in [0.25, 0.3) is 0 Å². The maximum Gasteiger partial charge on any atom is 0.222 e. The first-order chi connectivity index (χ1) is 9.58. The molecule has 5 nitrogen and oxygen atoms in total. The van der Waals surface area contributed by atoms with E-state index in [0.29, 0.717) is 12.3 Å². The number of hydrogen-bond acceptors (Lipinski definition) is 3. The molecule has 1 N–H and O–H groups in total. The van der Waals surface area contributed by atoms with E-state index >= 15 is 0 Å². The minimum Gasteiger partial charge on any atom is -0.345 e. The fourth-order valence-electron chi connectivity index (χ4n) is 2.92. The summed E-state index contributed by atoms with van der Waals surface area (Å²) in [5.74, 6) is 0.863. The molecule has 1 atom stereocenters. The van der Waals surface area contributed by atoms with Crippen LogP contribution in [0.1, 0.15) is 37.6 Å². The molecule has 20 heavy (non-hydrogen) atoms. The first kappa shape index (κ1) is 15.0. The normalized spacial score (nSPS) is 19.9. The quantitative estimate of drug-likeness (QED) is 0.861. The number of likely N-dealkylation sites (tertiary alicyclic amines) is 1. The molecule has 1 saturated heterocycles. The average molecular weight is 278 g/mol. The van der Waals surface area contributed by atoms with Gasteiger partial charge in [0.1, 0.15) is 0 Å². The number of aryl methyl sites for hydroxylation is 1. The summed E-state index contributed by atoms with van der Waals surface area (Å²) in [7, 11) is 4.04. The van der Waals surface area contributed by atoms with E-state index in [-0.39, 0.29) is 5.91 Å². The topological polar surface area (TPSA) is 52.2 Å². The summed E-state index contributed by atoms with van der Waals surface area (Å²) in [5.41, 5.74) is 2.33. The summed E-state index contributed by atoms with van der Waals surface area (Å²) in [4.78, 5) is 15.7. The predicted octanol–water partition coefficient (Wildman–Crippen LogP) is 1.66. The van der Waals surface area contributed by atoms with Gasteiger partial charge in [0.15, 0.2) is 0 Å². The van der Waals surface area contributed by atoms with Crippen LogP contribution in [-0.4, -0.2) is 53.1 Å². The number of nitrogens with zero attached hydrogens (tertiary/aromatic N) is 3. The Bertz CT molecular complexity index is 443. The fourth-order valence-corrected chi connectivity index (χ4v) is 2.92. The van der Waals surface area contributed by atoms with Crippen LogP contribution in [-0.2, 0) is 17.8 Å². The lowest BCUT2D eigenvalue weighted by atomic mass is 9.97. The monoisotopic (exact) mass is 278 g/mol. The van der Waals surface area contributed by atoms with E-state index in [0.717, 1.165) is 44.6 Å². The van der Waals surface area contributed by atoms with E-state index in [1.807, 2.05) is 11.9 Å². The summed E-state index contributed by atoms with van der Waals surface area (Å²) in [6, 6.07) is 2.16. The van der Waals surface area contributed by atoms with Crippen LogP contribution < -0.4 is 0 Å². The summed E-state index contributed by atoms with van der Waals surface area (Å²) < 4.78 is 0. The first-order valence-corrected chi connectivity index (χ1v) is 7.54. The van der Waals surface area contributed by atoms with E-state index < -0.39 is 0 Å². The molecule has 1 aromatic heterocycles. The second-order valence-electron chi connectivity index (χ2n) is 6.01. The minimum absolute atomic E-state index is 0.279. The largest absolute Gasteiger partial charge is 0.345 e. The van der Waals surface area contributed by atoms with Gasteiger partial charge in [-0.3, -0.25) is 9.89 Å². The molecule has 5 heteroatoms. The molecular weight excluding hydrogens is 252 g/mol. The summed E-state index contributed by atoms with van der Waals surface area (Å²) in [6.07, 6.45) is 3.87. The molecule has 0 radical (unpaired) electrons. The van der Waals surface area contributed by atoms with Gasteiger partial charge in [-0.2, -0.15) is 5.10 Å². The number of nitrogens with one attached hydrogen (secondary N) is 1. The molecule has 2 heterocycles. The number of amides is 1. The molecule has 1 fully saturated rings. The van der Waals surface area contributed by atoms with Crippen molar-refractivity contribution >= 4 is 5.91 Å². The number of rotatable bonds is 6. The molecule has 1 amide bonds. The zero-order valence-electron chi connectivity index (χ0n) is 12.9. The Morgan fingerprint density at radius 2 is 2.35 bits per heavy atom. The fraction of sp³-hybridized carbons (Fsp3) is 0.733. The number of carbonyl (C=O) groups excluding carboxylic acids is 1. The molecule has 0 spiro atoms. The number of piperidine rings is 1. The van der Waals surface area contributed by atoms with E-state index in [9.17, 15) is 4.79 Å². The second kappa shape index (κ2) is 6.88. The minimum atomic E-state index is 0.279. The van der Waals surface area contributed by atoms with Gasteiger partial charge in [0.05, 0.1) is 5.69 Å². The van der Waals surface area contributed by atoms with Crippen molar-refractivity contribution in [3.05, 3.63) is 17.5 Å². The zero-order valence-corrected chi connectivity index (χ0v) is 12.9. The average Bonchev–Trinajstić information content (AvgIpc) is 2.81. The Morgan fingerprint density at radius 3 is 3.05 bits per heavy atom. The molecule has 1 unspecified atom stereocenters. The van der Waals surface area contributed by atoms with E-state index in [1.54, 1.807) is 0 Å². The van der Waals surface area contributed by atoms with Crippen molar-refractivity contribution < 1.29 is 4.79 Å². The molecule has 2 rings (SSSR count). The van der Waals surface area contributed by atoms with Crippen molar-refractivity contribution in [3.8, 4) is 0 Å². The first-order valence-electron chi connectivity index (χ1n) is 7.54. The third-order valence-corrected chi connectivity index (χ3v) is 3.92. The molecule has 1 aromatic rings. The zero-order chi connectivity index (χ0) is 14.5. The molecule has 0 bridgehead atoms. The highest BCUT2D eigenvalue weighted by Gasteiger charge is 2.23. The molecule has 0 aliphatic carbocycles. The highest BCUT2D eigenvalue weighted by molar-refractivity contribution is 5.76. The van der Waals surface area contributed by atoms with Gasteiger partial charge in [0, 0.05) is 38.8 Å². The Balaban J connectivity index is 1.79. The molecule has 1 aliphatic rings. The van der Waals surface area contributed by atoms with Crippen LogP contribution in [0, 0.1) is 5.92 Å². The standard InChI is InChI=1S/C15H26N4O/c1-4-5-13-8-14(17-16-13)11-18(2)9-12-6-7-15(20)19(3)10-12/h8,12H,4-7,9-11H2,1-3H3,(H,16,17). The van der Waals surface area contributed by atoms with Gasteiger partial charge in [-0.1, -0.05) is 13.3 Å². The molecule has 0 saturated carbocycles. The van der Waals surface area contributed by atoms with Gasteiger partial charge < -0.3 is 9.80 Å². The van der Waals surface area contributed by atoms with Crippen LogP contribution in [0.4, 0.5) is 0 Å². The molecule has 1 aliphatic heterocycles. The van der Waals surface area contributed by atoms with Crippen molar-refractivity contribution in [1.29, 1.82) is 0 Å². The Hall–Kier alpha value is -1.36. The number of carbonyl (C=O) groups is 1. The number of aromatic amines is 1. The third-order valence-electron chi connectivity index (χ3n) is 3.92.